The summed E-state index contributed by atoms with van der Waals surface area (Å²) in [5, 5.41) is 9.12. The van der Waals surface area contributed by atoms with Crippen LogP contribution < -0.4 is 15.4 Å². The summed E-state index contributed by atoms with van der Waals surface area (Å²) in [6.45, 7) is 2.31. The normalized spacial score (nSPS) is 14.9. The van der Waals surface area contributed by atoms with E-state index in [1.165, 1.54) is 19.3 Å². The summed E-state index contributed by atoms with van der Waals surface area (Å²) >= 11 is 0. The highest BCUT2D eigenvalue weighted by atomic mass is 16.5. The first-order chi connectivity index (χ1) is 12.2. The maximum atomic E-state index is 11.8. The second-order valence-corrected chi connectivity index (χ2v) is 6.15. The highest BCUT2D eigenvalue weighted by molar-refractivity contribution is 5.73. The van der Waals surface area contributed by atoms with Crippen LogP contribution in [0.25, 0.3) is 0 Å². The molecule has 0 radical (unpaired) electrons. The molecular formula is C17H23N5O3. The Morgan fingerprint density at radius 3 is 2.84 bits per heavy atom. The highest BCUT2D eigenvalue weighted by Crippen LogP contribution is 2.22. The van der Waals surface area contributed by atoms with E-state index in [9.17, 15) is 4.79 Å². The van der Waals surface area contributed by atoms with E-state index in [-0.39, 0.29) is 18.7 Å². The van der Waals surface area contributed by atoms with Crippen LogP contribution >= 0.6 is 0 Å². The number of aromatic nitrogens is 3. The van der Waals surface area contributed by atoms with E-state index in [1.807, 2.05) is 12.1 Å². The minimum atomic E-state index is -0.303. The fourth-order valence-corrected chi connectivity index (χ4v) is 2.79. The van der Waals surface area contributed by atoms with Gasteiger partial charge in [0.05, 0.1) is 6.54 Å². The Morgan fingerprint density at radius 2 is 2.08 bits per heavy atom. The van der Waals surface area contributed by atoms with Gasteiger partial charge in [0.15, 0.2) is 5.82 Å². The zero-order valence-corrected chi connectivity index (χ0v) is 14.3. The molecule has 25 heavy (non-hydrogen) atoms. The van der Waals surface area contributed by atoms with E-state index < -0.39 is 0 Å². The first-order valence-electron chi connectivity index (χ1n) is 8.61. The van der Waals surface area contributed by atoms with Crippen molar-refractivity contribution in [3.05, 3.63) is 35.6 Å². The largest absolute Gasteiger partial charge is 0.474 e. The number of carbonyl (C=O) groups excluding carboxylic acids is 1. The number of pyridine rings is 1. The molecule has 2 N–H and O–H groups in total. The molecule has 2 amide bonds. The van der Waals surface area contributed by atoms with Gasteiger partial charge in [-0.2, -0.15) is 4.98 Å². The van der Waals surface area contributed by atoms with Gasteiger partial charge in [-0.15, -0.1) is 0 Å². The number of rotatable bonds is 6. The molecule has 2 aromatic heterocycles. The van der Waals surface area contributed by atoms with Crippen LogP contribution in [0.1, 0.15) is 49.4 Å². The average molecular weight is 345 g/mol. The quantitative estimate of drug-likeness (QED) is 0.834. The molecule has 3 rings (SSSR count). The standard InChI is InChI=1S/C17H23N5O3/c1-12-21-16(25-22-12)11-20-17(23)19-10-13-7-8-18-15(9-13)24-14-5-3-2-4-6-14/h7-9,14H,2-6,10-11H2,1H3,(H2,19,20,23). The number of hydrogen-bond donors (Lipinski definition) is 2. The van der Waals surface area contributed by atoms with Crippen molar-refractivity contribution in [2.24, 2.45) is 0 Å². The molecule has 1 aliphatic rings. The molecule has 0 aromatic carbocycles. The molecule has 0 unspecified atom stereocenters. The summed E-state index contributed by atoms with van der Waals surface area (Å²) < 4.78 is 10.9. The van der Waals surface area contributed by atoms with Gasteiger partial charge in [-0.3, -0.25) is 0 Å². The second kappa shape index (κ2) is 8.46. The maximum absolute atomic E-state index is 11.8. The van der Waals surface area contributed by atoms with Gasteiger partial charge in [0.1, 0.15) is 6.10 Å². The molecule has 0 atom stereocenters. The van der Waals surface area contributed by atoms with Gasteiger partial charge in [-0.25, -0.2) is 9.78 Å². The Balaban J connectivity index is 1.44. The SMILES string of the molecule is Cc1noc(CNC(=O)NCc2ccnc(OC3CCCCC3)c2)n1. The summed E-state index contributed by atoms with van der Waals surface area (Å²) in [4.78, 5) is 20.1. The molecule has 0 spiro atoms. The number of carbonyl (C=O) groups is 1. The van der Waals surface area contributed by atoms with Crippen molar-refractivity contribution in [3.63, 3.8) is 0 Å². The molecule has 2 heterocycles. The molecular weight excluding hydrogens is 322 g/mol. The summed E-state index contributed by atoms with van der Waals surface area (Å²) in [7, 11) is 0. The van der Waals surface area contributed by atoms with Crippen molar-refractivity contribution in [3.8, 4) is 5.88 Å². The molecule has 1 saturated carbocycles. The van der Waals surface area contributed by atoms with Gasteiger partial charge in [0.2, 0.25) is 11.8 Å². The molecule has 2 aromatic rings. The fourth-order valence-electron chi connectivity index (χ4n) is 2.79. The predicted octanol–water partition coefficient (Wildman–Crippen LogP) is 2.48. The summed E-state index contributed by atoms with van der Waals surface area (Å²) in [6.07, 6.45) is 7.84. The third-order valence-electron chi connectivity index (χ3n) is 4.06. The van der Waals surface area contributed by atoms with Gasteiger partial charge in [-0.05, 0) is 44.2 Å². The predicted molar refractivity (Wildman–Crippen MR) is 89.8 cm³/mol. The first kappa shape index (κ1) is 17.2. The van der Waals surface area contributed by atoms with Crippen LogP contribution in [0.2, 0.25) is 0 Å². The van der Waals surface area contributed by atoms with Crippen LogP contribution in [0, 0.1) is 6.92 Å². The van der Waals surface area contributed by atoms with Crippen LogP contribution in [0.5, 0.6) is 5.88 Å². The minimum Gasteiger partial charge on any atom is -0.474 e. The van der Waals surface area contributed by atoms with Crippen LogP contribution in [0.15, 0.2) is 22.9 Å². The number of amides is 2. The summed E-state index contributed by atoms with van der Waals surface area (Å²) in [6, 6.07) is 3.42. The van der Waals surface area contributed by atoms with Gasteiger partial charge < -0.3 is 19.9 Å². The average Bonchev–Trinajstić information content (AvgIpc) is 3.05. The third kappa shape index (κ3) is 5.44. The van der Waals surface area contributed by atoms with E-state index in [0.29, 0.717) is 24.1 Å². The van der Waals surface area contributed by atoms with Crippen LogP contribution in [0.3, 0.4) is 0 Å². The summed E-state index contributed by atoms with van der Waals surface area (Å²) in [5.41, 5.74) is 0.935. The van der Waals surface area contributed by atoms with E-state index in [4.69, 9.17) is 9.26 Å². The lowest BCUT2D eigenvalue weighted by atomic mass is 9.98. The number of nitrogens with zero attached hydrogens (tertiary/aromatic N) is 3. The van der Waals surface area contributed by atoms with E-state index in [0.717, 1.165) is 18.4 Å². The second-order valence-electron chi connectivity index (χ2n) is 6.15. The van der Waals surface area contributed by atoms with Gasteiger partial charge >= 0.3 is 6.03 Å². The number of hydrogen-bond acceptors (Lipinski definition) is 6. The van der Waals surface area contributed by atoms with Gasteiger partial charge in [0.25, 0.3) is 0 Å². The molecule has 0 bridgehead atoms. The number of urea groups is 1. The monoisotopic (exact) mass is 345 g/mol. The Bertz CT molecular complexity index is 697. The van der Waals surface area contributed by atoms with Crippen LogP contribution in [0.4, 0.5) is 4.79 Å². The smallest absolute Gasteiger partial charge is 0.315 e. The number of nitrogens with one attached hydrogen (secondary N) is 2. The molecule has 8 nitrogen and oxygen atoms in total. The molecule has 1 fully saturated rings. The highest BCUT2D eigenvalue weighted by Gasteiger charge is 2.15. The minimum absolute atomic E-state index is 0.194. The molecule has 0 aliphatic heterocycles. The maximum Gasteiger partial charge on any atom is 0.315 e. The van der Waals surface area contributed by atoms with Crippen molar-refractivity contribution in [2.75, 3.05) is 0 Å². The van der Waals surface area contributed by atoms with Crippen LogP contribution in [-0.4, -0.2) is 27.3 Å². The van der Waals surface area contributed by atoms with Crippen molar-refractivity contribution >= 4 is 6.03 Å². The van der Waals surface area contributed by atoms with Crippen molar-refractivity contribution < 1.29 is 14.1 Å². The Hall–Kier alpha value is -2.64. The Labute approximate surface area is 146 Å². The topological polar surface area (TPSA) is 102 Å². The fraction of sp³-hybridized carbons (Fsp3) is 0.529. The van der Waals surface area contributed by atoms with Crippen LogP contribution in [-0.2, 0) is 13.1 Å². The van der Waals surface area contributed by atoms with Gasteiger partial charge in [-0.1, -0.05) is 11.6 Å². The van der Waals surface area contributed by atoms with Crippen molar-refractivity contribution in [1.29, 1.82) is 0 Å². The zero-order chi connectivity index (χ0) is 17.5. The molecule has 134 valence electrons. The van der Waals surface area contributed by atoms with Crippen molar-refractivity contribution in [2.45, 2.75) is 58.2 Å². The lowest BCUT2D eigenvalue weighted by molar-refractivity contribution is 0.148. The Morgan fingerprint density at radius 1 is 1.28 bits per heavy atom. The summed E-state index contributed by atoms with van der Waals surface area (Å²) in [5.74, 6) is 1.53. The first-order valence-corrected chi connectivity index (χ1v) is 8.61. The molecule has 0 saturated heterocycles. The van der Waals surface area contributed by atoms with E-state index >= 15 is 0 Å². The van der Waals surface area contributed by atoms with Gasteiger partial charge in [0, 0.05) is 18.8 Å². The lowest BCUT2D eigenvalue weighted by Gasteiger charge is -2.22. The third-order valence-corrected chi connectivity index (χ3v) is 4.06. The number of aryl methyl sites for hydroxylation is 1. The Kier molecular flexibility index (Phi) is 5.81. The number of ether oxygens (including phenoxy) is 1. The van der Waals surface area contributed by atoms with E-state index in [2.05, 4.69) is 25.8 Å². The molecule has 8 heteroatoms. The lowest BCUT2D eigenvalue weighted by Crippen LogP contribution is -2.34. The van der Waals surface area contributed by atoms with E-state index in [1.54, 1.807) is 13.1 Å². The zero-order valence-electron chi connectivity index (χ0n) is 14.3. The molecule has 1 aliphatic carbocycles. The van der Waals surface area contributed by atoms with Crippen molar-refractivity contribution in [1.82, 2.24) is 25.8 Å².